The first-order chi connectivity index (χ1) is 6.34. The number of aromatic nitrogens is 1. The van der Waals surface area contributed by atoms with Crippen LogP contribution in [0.5, 0.6) is 5.88 Å². The van der Waals surface area contributed by atoms with Gasteiger partial charge in [0.25, 0.3) is 0 Å². The first-order valence-electron chi connectivity index (χ1n) is 4.25. The van der Waals surface area contributed by atoms with Crippen molar-refractivity contribution in [3.63, 3.8) is 0 Å². The molecule has 1 heterocycles. The van der Waals surface area contributed by atoms with E-state index in [1.807, 2.05) is 32.9 Å². The van der Waals surface area contributed by atoms with Crippen LogP contribution in [0.15, 0.2) is 18.3 Å². The number of hydrogen-bond donors (Lipinski definition) is 1. The zero-order valence-electron chi connectivity index (χ0n) is 9.03. The zero-order chi connectivity index (χ0) is 10.7. The Balaban J connectivity index is 0. The van der Waals surface area contributed by atoms with Gasteiger partial charge >= 0.3 is 0 Å². The Kier molecular flexibility index (Phi) is 12.9. The van der Waals surface area contributed by atoms with Gasteiger partial charge in [-0.15, -0.1) is 0 Å². The van der Waals surface area contributed by atoms with Gasteiger partial charge in [-0.2, -0.15) is 12.6 Å². The fraction of sp³-hybridized carbons (Fsp3) is 0.500. The SMILES string of the molecule is CC.COc1ncccc1C.CS. The molecular formula is C10H19NOS. The van der Waals surface area contributed by atoms with E-state index in [0.717, 1.165) is 5.56 Å². The van der Waals surface area contributed by atoms with Gasteiger partial charge in [-0.05, 0) is 19.2 Å². The van der Waals surface area contributed by atoms with Crippen LogP contribution < -0.4 is 4.74 Å². The lowest BCUT2D eigenvalue weighted by Crippen LogP contribution is -1.88. The Hall–Kier alpha value is -0.700. The van der Waals surface area contributed by atoms with E-state index in [4.69, 9.17) is 4.74 Å². The lowest BCUT2D eigenvalue weighted by Gasteiger charge is -1.99. The highest BCUT2D eigenvalue weighted by molar-refractivity contribution is 7.79. The molecule has 0 atom stereocenters. The fourth-order valence-corrected chi connectivity index (χ4v) is 0.685. The van der Waals surface area contributed by atoms with Crippen molar-refractivity contribution in [2.75, 3.05) is 13.4 Å². The zero-order valence-corrected chi connectivity index (χ0v) is 9.93. The summed E-state index contributed by atoms with van der Waals surface area (Å²) in [5.41, 5.74) is 1.07. The highest BCUT2D eigenvalue weighted by Gasteiger charge is 1.92. The van der Waals surface area contributed by atoms with E-state index in [0.29, 0.717) is 5.88 Å². The maximum absolute atomic E-state index is 4.93. The van der Waals surface area contributed by atoms with Gasteiger partial charge in [-0.1, -0.05) is 19.9 Å². The largest absolute Gasteiger partial charge is 0.481 e. The van der Waals surface area contributed by atoms with Crippen LogP contribution in [0, 0.1) is 6.92 Å². The average molecular weight is 201 g/mol. The van der Waals surface area contributed by atoms with Gasteiger partial charge in [0, 0.05) is 11.8 Å². The first-order valence-corrected chi connectivity index (χ1v) is 5.14. The molecule has 0 fully saturated rings. The van der Waals surface area contributed by atoms with Crippen molar-refractivity contribution in [1.82, 2.24) is 4.98 Å². The fourth-order valence-electron chi connectivity index (χ4n) is 0.685. The van der Waals surface area contributed by atoms with Crippen molar-refractivity contribution in [2.45, 2.75) is 20.8 Å². The second-order valence-corrected chi connectivity index (χ2v) is 1.83. The van der Waals surface area contributed by atoms with Gasteiger partial charge in [-0.3, -0.25) is 0 Å². The van der Waals surface area contributed by atoms with E-state index >= 15 is 0 Å². The number of rotatable bonds is 1. The quantitative estimate of drug-likeness (QED) is 0.706. The molecule has 1 aromatic rings. The standard InChI is InChI=1S/C7H9NO.C2H6.CH4S/c1-6-4-3-5-8-7(6)9-2;2*1-2/h3-5H,1-2H3;1-2H3;2H,1H3. The highest BCUT2D eigenvalue weighted by Crippen LogP contribution is 2.09. The van der Waals surface area contributed by atoms with Crippen LogP contribution in [0.4, 0.5) is 0 Å². The molecule has 0 aliphatic carbocycles. The Morgan fingerprint density at radius 1 is 1.31 bits per heavy atom. The molecule has 0 aliphatic heterocycles. The van der Waals surface area contributed by atoms with Crippen LogP contribution in [0.2, 0.25) is 0 Å². The summed E-state index contributed by atoms with van der Waals surface area (Å²) in [5, 5.41) is 0. The summed E-state index contributed by atoms with van der Waals surface area (Å²) in [4.78, 5) is 3.97. The Morgan fingerprint density at radius 3 is 2.15 bits per heavy atom. The summed E-state index contributed by atoms with van der Waals surface area (Å²) >= 11 is 3.53. The van der Waals surface area contributed by atoms with E-state index < -0.39 is 0 Å². The monoisotopic (exact) mass is 201 g/mol. The number of pyridine rings is 1. The number of thiol groups is 1. The van der Waals surface area contributed by atoms with Crippen LogP contribution in [-0.4, -0.2) is 18.3 Å². The predicted molar refractivity (Wildman–Crippen MR) is 61.8 cm³/mol. The topological polar surface area (TPSA) is 22.1 Å². The van der Waals surface area contributed by atoms with Crippen molar-refractivity contribution in [1.29, 1.82) is 0 Å². The van der Waals surface area contributed by atoms with Gasteiger partial charge in [0.15, 0.2) is 0 Å². The maximum Gasteiger partial charge on any atom is 0.215 e. The molecule has 0 aromatic carbocycles. The average Bonchev–Trinajstić information content (AvgIpc) is 2.24. The molecule has 0 unspecified atom stereocenters. The molecular weight excluding hydrogens is 182 g/mol. The molecule has 0 saturated heterocycles. The van der Waals surface area contributed by atoms with E-state index in [1.165, 1.54) is 0 Å². The van der Waals surface area contributed by atoms with Gasteiger partial charge in [-0.25, -0.2) is 4.98 Å². The molecule has 0 saturated carbocycles. The smallest absolute Gasteiger partial charge is 0.215 e. The molecule has 0 bridgehead atoms. The Bertz CT molecular complexity index is 204. The molecule has 0 N–H and O–H groups in total. The van der Waals surface area contributed by atoms with E-state index in [1.54, 1.807) is 19.6 Å². The molecule has 0 amide bonds. The molecule has 2 nitrogen and oxygen atoms in total. The lowest BCUT2D eigenvalue weighted by atomic mass is 10.3. The van der Waals surface area contributed by atoms with Gasteiger partial charge in [0.2, 0.25) is 5.88 Å². The van der Waals surface area contributed by atoms with Crippen molar-refractivity contribution in [2.24, 2.45) is 0 Å². The first kappa shape index (κ1) is 14.8. The Morgan fingerprint density at radius 2 is 1.85 bits per heavy atom. The van der Waals surface area contributed by atoms with Crippen LogP contribution in [0.25, 0.3) is 0 Å². The molecule has 0 aliphatic rings. The van der Waals surface area contributed by atoms with Crippen LogP contribution in [0.3, 0.4) is 0 Å². The number of aryl methyl sites for hydroxylation is 1. The molecule has 0 radical (unpaired) electrons. The highest BCUT2D eigenvalue weighted by atomic mass is 32.1. The van der Waals surface area contributed by atoms with Gasteiger partial charge in [0.1, 0.15) is 0 Å². The number of methoxy groups -OCH3 is 1. The van der Waals surface area contributed by atoms with Crippen LogP contribution in [0.1, 0.15) is 19.4 Å². The van der Waals surface area contributed by atoms with Crippen molar-refractivity contribution in [3.05, 3.63) is 23.9 Å². The van der Waals surface area contributed by atoms with E-state index in [9.17, 15) is 0 Å². The summed E-state index contributed by atoms with van der Waals surface area (Å²) < 4.78 is 4.93. The summed E-state index contributed by atoms with van der Waals surface area (Å²) in [6.07, 6.45) is 3.41. The summed E-state index contributed by atoms with van der Waals surface area (Å²) in [7, 11) is 1.62. The van der Waals surface area contributed by atoms with Crippen molar-refractivity contribution in [3.8, 4) is 5.88 Å². The normalized spacial score (nSPS) is 7.23. The molecule has 0 spiro atoms. The number of hydrogen-bond acceptors (Lipinski definition) is 3. The molecule has 1 aromatic heterocycles. The van der Waals surface area contributed by atoms with Crippen molar-refractivity contribution >= 4 is 12.6 Å². The predicted octanol–water partition coefficient (Wildman–Crippen LogP) is 2.97. The second kappa shape index (κ2) is 11.3. The Labute approximate surface area is 86.8 Å². The molecule has 3 heteroatoms. The van der Waals surface area contributed by atoms with Crippen LogP contribution in [-0.2, 0) is 0 Å². The van der Waals surface area contributed by atoms with Gasteiger partial charge < -0.3 is 4.74 Å². The second-order valence-electron chi connectivity index (χ2n) is 1.83. The molecule has 13 heavy (non-hydrogen) atoms. The minimum Gasteiger partial charge on any atom is -0.481 e. The summed E-state index contributed by atoms with van der Waals surface area (Å²) in [6, 6.07) is 3.85. The maximum atomic E-state index is 4.93. The molecule has 76 valence electrons. The summed E-state index contributed by atoms with van der Waals surface area (Å²) in [5.74, 6) is 0.706. The third kappa shape index (κ3) is 6.46. The van der Waals surface area contributed by atoms with Gasteiger partial charge in [0.05, 0.1) is 7.11 Å². The minimum atomic E-state index is 0.706. The third-order valence-corrected chi connectivity index (χ3v) is 1.15. The number of nitrogens with zero attached hydrogens (tertiary/aromatic N) is 1. The number of ether oxygens (including phenoxy) is 1. The summed E-state index contributed by atoms with van der Waals surface area (Å²) in [6.45, 7) is 5.96. The molecule has 1 rings (SSSR count). The third-order valence-electron chi connectivity index (χ3n) is 1.15. The lowest BCUT2D eigenvalue weighted by molar-refractivity contribution is 0.394. The minimum absolute atomic E-state index is 0.706. The van der Waals surface area contributed by atoms with Crippen molar-refractivity contribution < 1.29 is 4.74 Å². The van der Waals surface area contributed by atoms with E-state index in [-0.39, 0.29) is 0 Å². The van der Waals surface area contributed by atoms with Crippen LogP contribution >= 0.6 is 12.6 Å². The van der Waals surface area contributed by atoms with E-state index in [2.05, 4.69) is 17.6 Å².